The number of rotatable bonds is 7. The molecule has 1 amide bonds. The summed E-state index contributed by atoms with van der Waals surface area (Å²) < 4.78 is 10.8. The SMILES string of the molecule is CC[C@@H]1CN(C(=O)C2CCOCC2)[C@H](CO)[C@@H]1CN1CCC[C@@H]1COC. The van der Waals surface area contributed by atoms with Crippen LogP contribution in [0.3, 0.4) is 0 Å². The summed E-state index contributed by atoms with van der Waals surface area (Å²) in [5, 5.41) is 10.1. The minimum Gasteiger partial charge on any atom is -0.394 e. The molecule has 0 aromatic carbocycles. The number of nitrogens with zero attached hydrogens (tertiary/aromatic N) is 2. The topological polar surface area (TPSA) is 62.2 Å². The molecule has 0 aromatic rings. The van der Waals surface area contributed by atoms with Crippen molar-refractivity contribution in [3.63, 3.8) is 0 Å². The average Bonchev–Trinajstić information content (AvgIpc) is 3.26. The predicted octanol–water partition coefficient (Wildman–Crippen LogP) is 1.37. The Kier molecular flexibility index (Phi) is 7.32. The van der Waals surface area contributed by atoms with E-state index in [2.05, 4.69) is 11.8 Å². The minimum atomic E-state index is -0.0425. The van der Waals surface area contributed by atoms with Crippen molar-refractivity contribution in [2.45, 2.75) is 51.1 Å². The molecular weight excluding hydrogens is 332 g/mol. The Bertz CT molecular complexity index is 455. The van der Waals surface area contributed by atoms with Crippen LogP contribution in [-0.2, 0) is 14.3 Å². The number of aliphatic hydroxyl groups excluding tert-OH is 1. The second-order valence-corrected chi connectivity index (χ2v) is 8.21. The molecule has 0 aromatic heterocycles. The Morgan fingerprint density at radius 3 is 2.69 bits per heavy atom. The van der Waals surface area contributed by atoms with Gasteiger partial charge in [0.05, 0.1) is 19.3 Å². The highest BCUT2D eigenvalue weighted by molar-refractivity contribution is 5.79. The van der Waals surface area contributed by atoms with Gasteiger partial charge in [-0.15, -0.1) is 0 Å². The summed E-state index contributed by atoms with van der Waals surface area (Å²) in [6.45, 7) is 7.29. The average molecular weight is 369 g/mol. The first-order valence-corrected chi connectivity index (χ1v) is 10.4. The molecule has 3 aliphatic heterocycles. The van der Waals surface area contributed by atoms with Gasteiger partial charge in [0, 0.05) is 45.4 Å². The molecule has 3 heterocycles. The lowest BCUT2D eigenvalue weighted by atomic mass is 9.88. The molecule has 0 radical (unpaired) electrons. The summed E-state index contributed by atoms with van der Waals surface area (Å²) in [7, 11) is 1.77. The molecule has 26 heavy (non-hydrogen) atoms. The second kappa shape index (κ2) is 9.49. The van der Waals surface area contributed by atoms with Crippen molar-refractivity contribution in [2.75, 3.05) is 53.2 Å². The number of amides is 1. The van der Waals surface area contributed by atoms with Gasteiger partial charge in [-0.1, -0.05) is 13.3 Å². The van der Waals surface area contributed by atoms with Gasteiger partial charge in [0.15, 0.2) is 0 Å². The van der Waals surface area contributed by atoms with Crippen molar-refractivity contribution in [1.29, 1.82) is 0 Å². The molecule has 150 valence electrons. The third-order valence-electron chi connectivity index (χ3n) is 6.80. The highest BCUT2D eigenvalue weighted by Crippen LogP contribution is 2.36. The number of ether oxygens (including phenoxy) is 2. The molecule has 3 fully saturated rings. The third kappa shape index (κ3) is 4.24. The summed E-state index contributed by atoms with van der Waals surface area (Å²) in [6.07, 6.45) is 5.09. The first-order chi connectivity index (χ1) is 12.7. The van der Waals surface area contributed by atoms with Crippen molar-refractivity contribution in [3.05, 3.63) is 0 Å². The lowest BCUT2D eigenvalue weighted by molar-refractivity contribution is -0.140. The number of carbonyl (C=O) groups excluding carboxylic acids is 1. The van der Waals surface area contributed by atoms with Gasteiger partial charge in [0.25, 0.3) is 0 Å². The van der Waals surface area contributed by atoms with Crippen molar-refractivity contribution in [3.8, 4) is 0 Å². The lowest BCUT2D eigenvalue weighted by Gasteiger charge is -2.34. The quantitative estimate of drug-likeness (QED) is 0.735. The molecule has 3 saturated heterocycles. The van der Waals surface area contributed by atoms with Crippen molar-refractivity contribution >= 4 is 5.91 Å². The van der Waals surface area contributed by atoms with E-state index in [1.807, 2.05) is 4.90 Å². The van der Waals surface area contributed by atoms with Crippen LogP contribution >= 0.6 is 0 Å². The zero-order chi connectivity index (χ0) is 18.5. The molecule has 0 aliphatic carbocycles. The Morgan fingerprint density at radius 2 is 2.04 bits per heavy atom. The van der Waals surface area contributed by atoms with E-state index >= 15 is 0 Å². The highest BCUT2D eigenvalue weighted by Gasteiger charge is 2.45. The maximum Gasteiger partial charge on any atom is 0.226 e. The standard InChI is InChI=1S/C20H36N2O4/c1-3-15-11-22(20(24)16-6-9-26-10-7-16)19(13-23)18(15)12-21-8-4-5-17(21)14-25-2/h15-19,23H,3-14H2,1-2H3/t15-,17-,18-,19-/m1/s1. The number of likely N-dealkylation sites (tertiary alicyclic amines) is 2. The van der Waals surface area contributed by atoms with Gasteiger partial charge in [-0.25, -0.2) is 0 Å². The van der Waals surface area contributed by atoms with Gasteiger partial charge in [0.2, 0.25) is 5.91 Å². The molecule has 6 nitrogen and oxygen atoms in total. The van der Waals surface area contributed by atoms with Gasteiger partial charge in [0.1, 0.15) is 0 Å². The first-order valence-electron chi connectivity index (χ1n) is 10.4. The molecule has 0 unspecified atom stereocenters. The zero-order valence-corrected chi connectivity index (χ0v) is 16.4. The minimum absolute atomic E-state index is 0.0425. The molecule has 6 heteroatoms. The molecule has 3 aliphatic rings. The van der Waals surface area contributed by atoms with Gasteiger partial charge in [-0.3, -0.25) is 9.69 Å². The number of aliphatic hydroxyl groups is 1. The molecule has 0 saturated carbocycles. The molecule has 3 rings (SSSR count). The third-order valence-corrected chi connectivity index (χ3v) is 6.80. The van der Waals surface area contributed by atoms with E-state index in [9.17, 15) is 9.90 Å². The van der Waals surface area contributed by atoms with Crippen molar-refractivity contribution in [1.82, 2.24) is 9.80 Å². The maximum atomic E-state index is 13.1. The molecular formula is C20H36N2O4. The smallest absolute Gasteiger partial charge is 0.226 e. The Morgan fingerprint density at radius 1 is 1.27 bits per heavy atom. The van der Waals surface area contributed by atoms with Crippen LogP contribution in [0.15, 0.2) is 0 Å². The van der Waals surface area contributed by atoms with Crippen LogP contribution in [0.5, 0.6) is 0 Å². The van der Waals surface area contributed by atoms with Crippen molar-refractivity contribution < 1.29 is 19.4 Å². The first kappa shape index (κ1) is 20.1. The fourth-order valence-corrected chi connectivity index (χ4v) is 5.23. The summed E-state index contributed by atoms with van der Waals surface area (Å²) in [6, 6.07) is 0.441. The van der Waals surface area contributed by atoms with E-state index in [0.29, 0.717) is 31.1 Å². The van der Waals surface area contributed by atoms with E-state index in [-0.39, 0.29) is 24.5 Å². The van der Waals surface area contributed by atoms with E-state index < -0.39 is 0 Å². The summed E-state index contributed by atoms with van der Waals surface area (Å²) in [5.74, 6) is 1.14. The van der Waals surface area contributed by atoms with Crippen molar-refractivity contribution in [2.24, 2.45) is 17.8 Å². The Labute approximate surface area is 157 Å². The van der Waals surface area contributed by atoms with Gasteiger partial charge < -0.3 is 19.5 Å². The fraction of sp³-hybridized carbons (Fsp3) is 0.950. The second-order valence-electron chi connectivity index (χ2n) is 8.21. The summed E-state index contributed by atoms with van der Waals surface area (Å²) >= 11 is 0. The Balaban J connectivity index is 1.69. The number of hydrogen-bond donors (Lipinski definition) is 1. The largest absolute Gasteiger partial charge is 0.394 e. The summed E-state index contributed by atoms with van der Waals surface area (Å²) in [4.78, 5) is 17.6. The number of methoxy groups -OCH3 is 1. The van der Waals surface area contributed by atoms with Crippen LogP contribution < -0.4 is 0 Å². The molecule has 4 atom stereocenters. The molecule has 1 N–H and O–H groups in total. The van der Waals surface area contributed by atoms with E-state index in [1.165, 1.54) is 12.8 Å². The summed E-state index contributed by atoms with van der Waals surface area (Å²) in [5.41, 5.74) is 0. The normalized spacial score (nSPS) is 33.9. The maximum absolute atomic E-state index is 13.1. The number of carbonyl (C=O) groups is 1. The number of hydrogen-bond acceptors (Lipinski definition) is 5. The molecule has 0 spiro atoms. The van der Waals surface area contributed by atoms with Gasteiger partial charge >= 0.3 is 0 Å². The van der Waals surface area contributed by atoms with Crippen LogP contribution in [0.25, 0.3) is 0 Å². The Hall–Kier alpha value is -0.690. The zero-order valence-electron chi connectivity index (χ0n) is 16.4. The highest BCUT2D eigenvalue weighted by atomic mass is 16.5. The van der Waals surface area contributed by atoms with E-state index in [1.54, 1.807) is 7.11 Å². The van der Waals surface area contributed by atoms with Crippen LogP contribution in [0.1, 0.15) is 39.0 Å². The molecule has 0 bridgehead atoms. The van der Waals surface area contributed by atoms with Crippen LogP contribution in [0.2, 0.25) is 0 Å². The van der Waals surface area contributed by atoms with Crippen LogP contribution in [0.4, 0.5) is 0 Å². The van der Waals surface area contributed by atoms with Crippen LogP contribution in [-0.4, -0.2) is 86.1 Å². The lowest BCUT2D eigenvalue weighted by Crippen LogP contribution is -2.47. The fourth-order valence-electron chi connectivity index (χ4n) is 5.23. The predicted molar refractivity (Wildman–Crippen MR) is 99.9 cm³/mol. The van der Waals surface area contributed by atoms with E-state index in [0.717, 1.165) is 45.5 Å². The van der Waals surface area contributed by atoms with E-state index in [4.69, 9.17) is 9.47 Å². The van der Waals surface area contributed by atoms with Crippen LogP contribution in [0, 0.1) is 17.8 Å². The van der Waals surface area contributed by atoms with Gasteiger partial charge in [-0.05, 0) is 44.1 Å². The monoisotopic (exact) mass is 368 g/mol. The van der Waals surface area contributed by atoms with Gasteiger partial charge in [-0.2, -0.15) is 0 Å².